The highest BCUT2D eigenvalue weighted by Crippen LogP contribution is 2.54. The molecular weight excluding hydrogens is 692 g/mol. The fraction of sp³-hybridized carbons (Fsp3) is 0.273. The number of anilines is 2. The summed E-state index contributed by atoms with van der Waals surface area (Å²) in [6, 6.07) is 6.64. The van der Waals surface area contributed by atoms with Crippen LogP contribution in [0.25, 0.3) is 6.08 Å². The summed E-state index contributed by atoms with van der Waals surface area (Å²) in [5.41, 5.74) is -0.144. The smallest absolute Gasteiger partial charge is 0.301 e. The van der Waals surface area contributed by atoms with Gasteiger partial charge >= 0.3 is 11.4 Å². The van der Waals surface area contributed by atoms with Gasteiger partial charge in [0.1, 0.15) is 0 Å². The number of hydrogen-bond acceptors (Lipinski definition) is 11. The van der Waals surface area contributed by atoms with Gasteiger partial charge in [0.25, 0.3) is 0 Å². The molecule has 1 aliphatic heterocycles. The molecule has 0 aromatic heterocycles. The maximum Gasteiger partial charge on any atom is 0.301 e. The predicted molar refractivity (Wildman–Crippen MR) is 176 cm³/mol. The van der Waals surface area contributed by atoms with Gasteiger partial charge in [-0.15, -0.1) is 0 Å². The van der Waals surface area contributed by atoms with Crippen molar-refractivity contribution in [2.24, 2.45) is 23.7 Å². The average molecular weight is 720 g/mol. The Hall–Kier alpha value is -5.44. The van der Waals surface area contributed by atoms with E-state index in [4.69, 9.17) is 4.74 Å². The van der Waals surface area contributed by atoms with Crippen molar-refractivity contribution in [3.63, 3.8) is 0 Å². The number of rotatable bonds is 7. The van der Waals surface area contributed by atoms with E-state index in [2.05, 4.69) is 15.9 Å². The van der Waals surface area contributed by atoms with Crippen molar-refractivity contribution in [2.75, 3.05) is 31.0 Å². The van der Waals surface area contributed by atoms with Gasteiger partial charge in [-0.2, -0.15) is 0 Å². The van der Waals surface area contributed by atoms with Crippen LogP contribution >= 0.6 is 15.9 Å². The number of halogens is 1. The summed E-state index contributed by atoms with van der Waals surface area (Å²) in [4.78, 5) is 79.3. The molecule has 0 spiro atoms. The average Bonchev–Trinajstić information content (AvgIpc) is 3.30. The number of carbonyl (C=O) groups is 4. The number of ether oxygens (including phenoxy) is 1. The van der Waals surface area contributed by atoms with Crippen molar-refractivity contribution in [2.45, 2.75) is 12.8 Å². The topological polar surface area (TPSA) is 190 Å². The number of amides is 2. The Labute approximate surface area is 281 Å². The molecule has 1 heterocycles. The van der Waals surface area contributed by atoms with E-state index in [9.17, 15) is 44.5 Å². The number of methoxy groups -OCH3 is 1. The van der Waals surface area contributed by atoms with Crippen LogP contribution in [0.15, 0.2) is 69.8 Å². The number of carbonyl (C=O) groups excluding carboxylic acids is 4. The highest BCUT2D eigenvalue weighted by molar-refractivity contribution is 9.12. The minimum Gasteiger partial charge on any atom is -0.504 e. The molecule has 6 rings (SSSR count). The summed E-state index contributed by atoms with van der Waals surface area (Å²) in [6.07, 6.45) is 6.52. The zero-order valence-corrected chi connectivity index (χ0v) is 27.3. The highest BCUT2D eigenvalue weighted by atomic mass is 79.9. The second kappa shape index (κ2) is 12.0. The molecule has 4 aliphatic rings. The van der Waals surface area contributed by atoms with Crippen LogP contribution in [0.4, 0.5) is 22.7 Å². The number of fused-ring (bicyclic) bond motifs is 3. The first kappa shape index (κ1) is 32.5. The quantitative estimate of drug-likeness (QED) is 0.136. The van der Waals surface area contributed by atoms with E-state index in [1.807, 2.05) is 0 Å². The van der Waals surface area contributed by atoms with E-state index >= 15 is 0 Å². The molecule has 0 saturated carbocycles. The molecule has 0 bridgehead atoms. The number of aromatic hydroxyl groups is 1. The van der Waals surface area contributed by atoms with Crippen molar-refractivity contribution in [3.05, 3.63) is 95.6 Å². The van der Waals surface area contributed by atoms with Crippen LogP contribution in [-0.4, -0.2) is 59.5 Å². The number of ketones is 2. The monoisotopic (exact) mass is 718 g/mol. The van der Waals surface area contributed by atoms with E-state index in [-0.39, 0.29) is 57.1 Å². The first-order valence-electron chi connectivity index (χ1n) is 14.7. The third-order valence-corrected chi connectivity index (χ3v) is 9.81. The minimum absolute atomic E-state index is 0.0139. The van der Waals surface area contributed by atoms with Crippen molar-refractivity contribution in [3.8, 4) is 11.5 Å². The zero-order chi connectivity index (χ0) is 34.8. The van der Waals surface area contributed by atoms with Crippen molar-refractivity contribution in [1.29, 1.82) is 0 Å². The van der Waals surface area contributed by atoms with E-state index in [0.717, 1.165) is 17.0 Å². The second-order valence-electron chi connectivity index (χ2n) is 12.0. The van der Waals surface area contributed by atoms with Gasteiger partial charge in [0.2, 0.25) is 11.8 Å². The molecule has 2 aromatic carbocycles. The number of Topliss-reactive ketones (excluding diaryl/α,β-unsaturated/α-hetero) is 1. The van der Waals surface area contributed by atoms with E-state index in [1.165, 1.54) is 38.2 Å². The summed E-state index contributed by atoms with van der Waals surface area (Å²) < 4.78 is 5.26. The molecule has 48 heavy (non-hydrogen) atoms. The van der Waals surface area contributed by atoms with Gasteiger partial charge in [-0.1, -0.05) is 29.9 Å². The van der Waals surface area contributed by atoms with Gasteiger partial charge in [0.15, 0.2) is 28.8 Å². The predicted octanol–water partition coefficient (Wildman–Crippen LogP) is 4.80. The number of phenols is 1. The molecule has 1 saturated heterocycles. The lowest BCUT2D eigenvalue weighted by atomic mass is 9.61. The Morgan fingerprint density at radius 1 is 1.02 bits per heavy atom. The molecule has 15 heteroatoms. The summed E-state index contributed by atoms with van der Waals surface area (Å²) >= 11 is 3.18. The first-order valence-corrected chi connectivity index (χ1v) is 15.5. The van der Waals surface area contributed by atoms with Gasteiger partial charge in [0, 0.05) is 49.4 Å². The highest BCUT2D eigenvalue weighted by Gasteiger charge is 2.56. The van der Waals surface area contributed by atoms with Crippen LogP contribution in [0.2, 0.25) is 0 Å². The molecule has 3 aliphatic carbocycles. The molecule has 246 valence electrons. The van der Waals surface area contributed by atoms with Crippen LogP contribution < -0.4 is 14.5 Å². The first-order chi connectivity index (χ1) is 22.7. The van der Waals surface area contributed by atoms with Gasteiger partial charge in [0.05, 0.1) is 39.0 Å². The van der Waals surface area contributed by atoms with Crippen LogP contribution in [0.5, 0.6) is 11.5 Å². The van der Waals surface area contributed by atoms with Gasteiger partial charge in [-0.05, 0) is 52.4 Å². The zero-order valence-electron chi connectivity index (χ0n) is 25.7. The van der Waals surface area contributed by atoms with Crippen LogP contribution in [0, 0.1) is 43.9 Å². The summed E-state index contributed by atoms with van der Waals surface area (Å²) in [5.74, 6) is -5.37. The number of hydrogen-bond donors (Lipinski definition) is 1. The van der Waals surface area contributed by atoms with Gasteiger partial charge < -0.3 is 14.7 Å². The lowest BCUT2D eigenvalue weighted by Crippen LogP contribution is -2.40. The molecule has 2 amide bonds. The lowest BCUT2D eigenvalue weighted by molar-refractivity contribution is -0.392. The van der Waals surface area contributed by atoms with E-state index in [0.29, 0.717) is 11.1 Å². The van der Waals surface area contributed by atoms with Crippen molar-refractivity contribution in [1.82, 2.24) is 0 Å². The number of phenolic OH excluding ortho intramolecular Hbond substituents is 1. The molecule has 1 fully saturated rings. The summed E-state index contributed by atoms with van der Waals surface area (Å²) in [5, 5.41) is 34.0. The third kappa shape index (κ3) is 5.10. The second-order valence-corrected chi connectivity index (χ2v) is 12.8. The third-order valence-electron chi connectivity index (χ3n) is 9.22. The number of nitro groups is 2. The van der Waals surface area contributed by atoms with Gasteiger partial charge in [-0.25, -0.2) is 4.90 Å². The van der Waals surface area contributed by atoms with Crippen LogP contribution in [-0.2, 0) is 19.2 Å². The number of nitrogens with zero attached hydrogens (tertiary/aromatic N) is 4. The molecule has 0 radical (unpaired) electrons. The van der Waals surface area contributed by atoms with E-state index in [1.54, 1.807) is 30.4 Å². The van der Waals surface area contributed by atoms with E-state index < -0.39 is 62.5 Å². The summed E-state index contributed by atoms with van der Waals surface area (Å²) in [7, 11) is 4.22. The normalized spacial score (nSPS) is 23.5. The van der Waals surface area contributed by atoms with Crippen molar-refractivity contribution < 1.29 is 38.9 Å². The Morgan fingerprint density at radius 2 is 1.69 bits per heavy atom. The number of imide groups is 1. The number of benzene rings is 2. The molecule has 4 unspecified atom stereocenters. The molecular formula is C33H27BrN4O10. The molecule has 4 atom stereocenters. The Morgan fingerprint density at radius 3 is 2.29 bits per heavy atom. The molecule has 14 nitrogen and oxygen atoms in total. The molecule has 2 aromatic rings. The largest absolute Gasteiger partial charge is 0.504 e. The van der Waals surface area contributed by atoms with Crippen LogP contribution in [0.3, 0.4) is 0 Å². The Bertz CT molecular complexity index is 1960. The Kier molecular flexibility index (Phi) is 8.11. The van der Waals surface area contributed by atoms with Crippen LogP contribution in [0.1, 0.15) is 18.4 Å². The number of nitro benzene ring substituents is 2. The number of allylic oxidation sites excluding steroid dienone is 7. The SMILES string of the molecule is COc1cc(C=CC2C3=CCC4C(=O)N(c5cc([N+](=O)[O-])c(N(C)C)c([N+](=O)[O-])c5)C(=O)C4C3CC3=C2C(=O)C=C(Br)C3=O)ccc1O. The standard InChI is InChI=1S/C33H27BrN4O10/c1-35(2)30-23(37(44)45)11-16(12-24(30)38(46)47)36-32(42)19-8-7-17-18(6-4-15-5-9-25(39)27(10-15)48-3)28-21(13-20(17)29(19)33(36)43)31(41)22(34)14-26(28)40/h4-7,9-12,14,18-20,29,39H,8,13H2,1-3H3. The summed E-state index contributed by atoms with van der Waals surface area (Å²) in [6.45, 7) is 0. The lowest BCUT2D eigenvalue weighted by Gasteiger charge is -2.41. The van der Waals surface area contributed by atoms with Crippen molar-refractivity contribution >= 4 is 68.1 Å². The molecule has 1 N–H and O–H groups in total. The minimum atomic E-state index is -1.00. The fourth-order valence-corrected chi connectivity index (χ4v) is 7.65. The van der Waals surface area contributed by atoms with Gasteiger partial charge in [-0.3, -0.25) is 39.4 Å². The fourth-order valence-electron chi connectivity index (χ4n) is 7.20. The Balaban J connectivity index is 1.44. The maximum atomic E-state index is 14.2. The maximum absolute atomic E-state index is 14.2.